The van der Waals surface area contributed by atoms with E-state index < -0.39 is 0 Å². The van der Waals surface area contributed by atoms with Gasteiger partial charge in [0.2, 0.25) is 0 Å². The summed E-state index contributed by atoms with van der Waals surface area (Å²) in [5, 5.41) is 2.07. The Morgan fingerprint density at radius 1 is 1.17 bits per heavy atom. The molecule has 0 N–H and O–H groups in total. The van der Waals surface area contributed by atoms with Crippen LogP contribution in [-0.4, -0.2) is 30.5 Å². The molecule has 3 nitrogen and oxygen atoms in total. The van der Waals surface area contributed by atoms with E-state index in [2.05, 4.69) is 17.5 Å². The van der Waals surface area contributed by atoms with Gasteiger partial charge in [0, 0.05) is 16.8 Å². The second-order valence-electron chi connectivity index (χ2n) is 6.28. The third-order valence-corrected chi connectivity index (χ3v) is 5.91. The van der Waals surface area contributed by atoms with E-state index in [1.165, 1.54) is 23.3 Å². The SMILES string of the molecule is O=C(c1csc2c1CCCC2)N1CCOC(c2ccccc2)C1. The second-order valence-corrected chi connectivity index (χ2v) is 7.24. The number of carbonyl (C=O) groups excluding carboxylic acids is 1. The van der Waals surface area contributed by atoms with Gasteiger partial charge in [-0.05, 0) is 36.8 Å². The molecule has 1 aliphatic heterocycles. The lowest BCUT2D eigenvalue weighted by molar-refractivity contribution is -0.0228. The highest BCUT2D eigenvalue weighted by Crippen LogP contribution is 2.32. The number of hydrogen-bond donors (Lipinski definition) is 0. The van der Waals surface area contributed by atoms with Crippen LogP contribution in [0.3, 0.4) is 0 Å². The number of benzene rings is 1. The van der Waals surface area contributed by atoms with Crippen molar-refractivity contribution in [3.63, 3.8) is 0 Å². The van der Waals surface area contributed by atoms with Gasteiger partial charge >= 0.3 is 0 Å². The van der Waals surface area contributed by atoms with Crippen LogP contribution in [0.25, 0.3) is 0 Å². The summed E-state index contributed by atoms with van der Waals surface area (Å²) in [5.41, 5.74) is 3.41. The average Bonchev–Trinajstić information content (AvgIpc) is 3.06. The van der Waals surface area contributed by atoms with Crippen molar-refractivity contribution in [1.29, 1.82) is 0 Å². The molecule has 4 heteroatoms. The summed E-state index contributed by atoms with van der Waals surface area (Å²) in [6.07, 6.45) is 4.66. The number of carbonyl (C=O) groups is 1. The van der Waals surface area contributed by atoms with E-state index in [-0.39, 0.29) is 12.0 Å². The molecule has 1 fully saturated rings. The van der Waals surface area contributed by atoms with Gasteiger partial charge in [-0.15, -0.1) is 11.3 Å². The van der Waals surface area contributed by atoms with Gasteiger partial charge in [-0.25, -0.2) is 0 Å². The smallest absolute Gasteiger partial charge is 0.255 e. The summed E-state index contributed by atoms with van der Waals surface area (Å²) in [4.78, 5) is 16.4. The van der Waals surface area contributed by atoms with Gasteiger partial charge in [-0.1, -0.05) is 30.3 Å². The molecule has 2 heterocycles. The molecule has 0 saturated carbocycles. The normalized spacial score (nSPS) is 21.0. The van der Waals surface area contributed by atoms with Crippen LogP contribution in [0.2, 0.25) is 0 Å². The Morgan fingerprint density at radius 3 is 2.87 bits per heavy atom. The molecule has 2 aromatic rings. The molecule has 1 unspecified atom stereocenters. The van der Waals surface area contributed by atoms with E-state index >= 15 is 0 Å². The van der Waals surface area contributed by atoms with Crippen LogP contribution >= 0.6 is 11.3 Å². The van der Waals surface area contributed by atoms with E-state index in [0.29, 0.717) is 19.7 Å². The maximum absolute atomic E-state index is 13.0. The van der Waals surface area contributed by atoms with Crippen molar-refractivity contribution in [3.8, 4) is 0 Å². The minimum absolute atomic E-state index is 0.0108. The number of rotatable bonds is 2. The Labute approximate surface area is 140 Å². The van der Waals surface area contributed by atoms with Gasteiger partial charge in [0.1, 0.15) is 6.10 Å². The Hall–Kier alpha value is -1.65. The summed E-state index contributed by atoms with van der Waals surface area (Å²) in [6.45, 7) is 1.94. The van der Waals surface area contributed by atoms with Gasteiger partial charge in [0.05, 0.1) is 18.7 Å². The highest BCUT2D eigenvalue weighted by molar-refractivity contribution is 7.10. The van der Waals surface area contributed by atoms with Crippen molar-refractivity contribution >= 4 is 17.2 Å². The first-order valence-corrected chi connectivity index (χ1v) is 9.26. The molecule has 0 bridgehead atoms. The molecular formula is C19H21NO2S. The molecule has 0 radical (unpaired) electrons. The third kappa shape index (κ3) is 2.93. The van der Waals surface area contributed by atoms with Crippen molar-refractivity contribution in [2.75, 3.05) is 19.7 Å². The molecule has 4 rings (SSSR count). The molecule has 1 aliphatic carbocycles. The molecule has 0 spiro atoms. The second kappa shape index (κ2) is 6.46. The number of amides is 1. The largest absolute Gasteiger partial charge is 0.370 e. The minimum atomic E-state index is -0.0108. The lowest BCUT2D eigenvalue weighted by atomic mass is 9.95. The summed E-state index contributed by atoms with van der Waals surface area (Å²) in [6, 6.07) is 10.2. The highest BCUT2D eigenvalue weighted by atomic mass is 32.1. The van der Waals surface area contributed by atoms with Crippen molar-refractivity contribution in [1.82, 2.24) is 4.90 Å². The summed E-state index contributed by atoms with van der Waals surface area (Å²) < 4.78 is 5.88. The van der Waals surface area contributed by atoms with E-state index in [1.54, 1.807) is 11.3 Å². The first-order valence-electron chi connectivity index (χ1n) is 8.38. The van der Waals surface area contributed by atoms with Crippen molar-refractivity contribution < 1.29 is 9.53 Å². The molecule has 1 saturated heterocycles. The summed E-state index contributed by atoms with van der Waals surface area (Å²) >= 11 is 1.76. The number of aryl methyl sites for hydroxylation is 1. The molecule has 23 heavy (non-hydrogen) atoms. The number of thiophene rings is 1. The predicted octanol–water partition coefficient (Wildman–Crippen LogP) is 3.84. The molecule has 120 valence electrons. The van der Waals surface area contributed by atoms with Crippen LogP contribution in [0.5, 0.6) is 0 Å². The zero-order valence-electron chi connectivity index (χ0n) is 13.2. The van der Waals surface area contributed by atoms with Gasteiger partial charge in [0.15, 0.2) is 0 Å². The van der Waals surface area contributed by atoms with Crippen LogP contribution < -0.4 is 0 Å². The average molecular weight is 327 g/mol. The number of morpholine rings is 1. The Morgan fingerprint density at radius 2 is 2.00 bits per heavy atom. The predicted molar refractivity (Wildman–Crippen MR) is 92.0 cm³/mol. The van der Waals surface area contributed by atoms with E-state index in [0.717, 1.165) is 24.0 Å². The zero-order valence-corrected chi connectivity index (χ0v) is 14.0. The maximum Gasteiger partial charge on any atom is 0.255 e. The van der Waals surface area contributed by atoms with Crippen molar-refractivity contribution in [2.24, 2.45) is 0 Å². The van der Waals surface area contributed by atoms with Crippen molar-refractivity contribution in [3.05, 3.63) is 57.3 Å². The van der Waals surface area contributed by atoms with E-state index in [1.807, 2.05) is 23.1 Å². The molecule has 1 aromatic heterocycles. The fourth-order valence-electron chi connectivity index (χ4n) is 3.55. The van der Waals surface area contributed by atoms with Crippen LogP contribution in [0, 0.1) is 0 Å². The lowest BCUT2D eigenvalue weighted by Gasteiger charge is -2.33. The minimum Gasteiger partial charge on any atom is -0.370 e. The van der Waals surface area contributed by atoms with Crippen LogP contribution in [-0.2, 0) is 17.6 Å². The summed E-state index contributed by atoms with van der Waals surface area (Å²) in [7, 11) is 0. The molecule has 1 atom stereocenters. The van der Waals surface area contributed by atoms with Gasteiger partial charge < -0.3 is 9.64 Å². The Bertz CT molecular complexity index is 695. The first kappa shape index (κ1) is 14.9. The number of fused-ring (bicyclic) bond motifs is 1. The molecular weight excluding hydrogens is 306 g/mol. The zero-order chi connectivity index (χ0) is 15.6. The van der Waals surface area contributed by atoms with Crippen LogP contribution in [0.1, 0.15) is 45.3 Å². The number of nitrogens with zero attached hydrogens (tertiary/aromatic N) is 1. The number of ether oxygens (including phenoxy) is 1. The summed E-state index contributed by atoms with van der Waals surface area (Å²) in [5.74, 6) is 0.189. The fourth-order valence-corrected chi connectivity index (χ4v) is 4.67. The highest BCUT2D eigenvalue weighted by Gasteiger charge is 2.29. The fraction of sp³-hybridized carbons (Fsp3) is 0.421. The molecule has 1 amide bonds. The topological polar surface area (TPSA) is 29.5 Å². The van der Waals surface area contributed by atoms with Crippen LogP contribution in [0.4, 0.5) is 0 Å². The monoisotopic (exact) mass is 327 g/mol. The third-order valence-electron chi connectivity index (χ3n) is 4.82. The quantitative estimate of drug-likeness (QED) is 0.839. The van der Waals surface area contributed by atoms with Gasteiger partial charge in [-0.3, -0.25) is 4.79 Å². The Kier molecular flexibility index (Phi) is 4.19. The molecule has 2 aliphatic rings. The standard InChI is InChI=1S/C19H21NO2S/c21-19(16-13-23-18-9-5-4-8-15(16)18)20-10-11-22-17(12-20)14-6-2-1-3-7-14/h1-3,6-7,13,17H,4-5,8-12H2. The Balaban J connectivity index is 1.53. The lowest BCUT2D eigenvalue weighted by Crippen LogP contribution is -2.42. The number of hydrogen-bond acceptors (Lipinski definition) is 3. The van der Waals surface area contributed by atoms with E-state index in [9.17, 15) is 4.79 Å². The van der Waals surface area contributed by atoms with Crippen LogP contribution in [0.15, 0.2) is 35.7 Å². The first-order chi connectivity index (χ1) is 11.3. The van der Waals surface area contributed by atoms with Crippen molar-refractivity contribution in [2.45, 2.75) is 31.8 Å². The maximum atomic E-state index is 13.0. The van der Waals surface area contributed by atoms with Gasteiger partial charge in [0.25, 0.3) is 5.91 Å². The van der Waals surface area contributed by atoms with E-state index in [4.69, 9.17) is 4.74 Å². The van der Waals surface area contributed by atoms with Gasteiger partial charge in [-0.2, -0.15) is 0 Å². The molecule has 1 aromatic carbocycles.